The van der Waals surface area contributed by atoms with Crippen LogP contribution in [-0.2, 0) is 13.2 Å². The number of halogens is 2. The van der Waals surface area contributed by atoms with Crippen LogP contribution in [0.5, 0.6) is 5.75 Å². The van der Waals surface area contributed by atoms with E-state index in [9.17, 15) is 9.90 Å². The van der Waals surface area contributed by atoms with Crippen molar-refractivity contribution in [1.82, 2.24) is 15.0 Å². The number of ether oxygens (including phenoxy) is 1. The fraction of sp³-hybridized carbons (Fsp3) is 0.211. The van der Waals surface area contributed by atoms with E-state index in [-0.39, 0.29) is 12.3 Å². The van der Waals surface area contributed by atoms with Gasteiger partial charge in [0.1, 0.15) is 5.75 Å². The van der Waals surface area contributed by atoms with Crippen LogP contribution in [0, 0.1) is 6.92 Å². The van der Waals surface area contributed by atoms with E-state index in [4.69, 9.17) is 27.9 Å². The molecule has 0 radical (unpaired) electrons. The maximum atomic E-state index is 12.7. The molecule has 146 valence electrons. The van der Waals surface area contributed by atoms with Crippen molar-refractivity contribution in [2.75, 3.05) is 12.4 Å². The average Bonchev–Trinajstić information content (AvgIpc) is 3.01. The summed E-state index contributed by atoms with van der Waals surface area (Å²) in [6.07, 6.45) is 0. The Balaban J connectivity index is 1.82. The van der Waals surface area contributed by atoms with Crippen LogP contribution in [0.2, 0.25) is 10.0 Å². The molecule has 0 unspecified atom stereocenters. The smallest absolute Gasteiger partial charge is 0.278 e. The van der Waals surface area contributed by atoms with Crippen molar-refractivity contribution in [2.24, 2.45) is 0 Å². The van der Waals surface area contributed by atoms with Crippen LogP contribution in [-0.4, -0.2) is 33.1 Å². The third-order valence-electron chi connectivity index (χ3n) is 4.15. The van der Waals surface area contributed by atoms with Gasteiger partial charge in [0, 0.05) is 10.0 Å². The number of aliphatic hydroxyl groups excluding tert-OH is 1. The van der Waals surface area contributed by atoms with E-state index in [0.29, 0.717) is 39.3 Å². The van der Waals surface area contributed by atoms with Gasteiger partial charge in [-0.15, -0.1) is 5.10 Å². The molecular weight excluding hydrogens is 403 g/mol. The molecule has 0 bridgehead atoms. The van der Waals surface area contributed by atoms with Gasteiger partial charge < -0.3 is 15.2 Å². The minimum absolute atomic E-state index is 0.149. The second-order valence-electron chi connectivity index (χ2n) is 6.11. The molecule has 0 aliphatic carbocycles. The van der Waals surface area contributed by atoms with Gasteiger partial charge in [0.2, 0.25) is 0 Å². The summed E-state index contributed by atoms with van der Waals surface area (Å²) < 4.78 is 6.85. The van der Waals surface area contributed by atoms with Crippen molar-refractivity contribution < 1.29 is 14.6 Å². The molecule has 3 rings (SSSR count). The Hall–Kier alpha value is -2.61. The highest BCUT2D eigenvalue weighted by Gasteiger charge is 2.18. The first kappa shape index (κ1) is 20.1. The summed E-state index contributed by atoms with van der Waals surface area (Å²) >= 11 is 12.1. The van der Waals surface area contributed by atoms with Crippen molar-refractivity contribution in [3.05, 3.63) is 69.0 Å². The normalized spacial score (nSPS) is 10.8. The summed E-state index contributed by atoms with van der Waals surface area (Å²) in [6.45, 7) is 1.97. The van der Waals surface area contributed by atoms with E-state index in [2.05, 4.69) is 15.6 Å². The summed E-state index contributed by atoms with van der Waals surface area (Å²) in [5.41, 5.74) is 2.70. The molecule has 2 N–H and O–H groups in total. The largest absolute Gasteiger partial charge is 0.495 e. The quantitative estimate of drug-likeness (QED) is 0.634. The minimum atomic E-state index is -0.429. The Labute approximate surface area is 171 Å². The van der Waals surface area contributed by atoms with Gasteiger partial charge in [-0.1, -0.05) is 34.5 Å². The molecule has 0 aliphatic heterocycles. The number of carbonyl (C=O) groups excluding carboxylic acids is 1. The van der Waals surface area contributed by atoms with Crippen molar-refractivity contribution >= 4 is 34.8 Å². The molecule has 1 aromatic heterocycles. The number of carbonyl (C=O) groups is 1. The fourth-order valence-electron chi connectivity index (χ4n) is 2.73. The SMILES string of the molecule is COc1ccc(CO)cc1NC(=O)c1nnn(Cc2cc(Cl)cc(Cl)c2)c1C. The van der Waals surface area contributed by atoms with Crippen LogP contribution < -0.4 is 10.1 Å². The van der Waals surface area contributed by atoms with Crippen LogP contribution >= 0.6 is 23.2 Å². The van der Waals surface area contributed by atoms with Crippen molar-refractivity contribution in [3.63, 3.8) is 0 Å². The van der Waals surface area contributed by atoms with Crippen molar-refractivity contribution in [2.45, 2.75) is 20.1 Å². The standard InChI is InChI=1S/C19H18Cl2N4O3/c1-11-18(19(27)22-16-7-12(10-26)3-4-17(16)28-2)23-24-25(11)9-13-5-14(20)8-15(21)6-13/h3-8,26H,9-10H2,1-2H3,(H,22,27). The molecule has 1 heterocycles. The third kappa shape index (κ3) is 4.44. The molecule has 7 nitrogen and oxygen atoms in total. The number of rotatable bonds is 6. The molecule has 0 saturated carbocycles. The molecule has 0 fully saturated rings. The van der Waals surface area contributed by atoms with Gasteiger partial charge >= 0.3 is 0 Å². The van der Waals surface area contributed by atoms with Gasteiger partial charge in [0.25, 0.3) is 5.91 Å². The highest BCUT2D eigenvalue weighted by molar-refractivity contribution is 6.34. The zero-order chi connectivity index (χ0) is 20.3. The predicted octanol–water partition coefficient (Wildman–Crippen LogP) is 3.69. The zero-order valence-corrected chi connectivity index (χ0v) is 16.8. The number of methoxy groups -OCH3 is 1. The summed E-state index contributed by atoms with van der Waals surface area (Å²) in [5.74, 6) is 0.0467. The maximum Gasteiger partial charge on any atom is 0.278 e. The fourth-order valence-corrected chi connectivity index (χ4v) is 3.30. The molecule has 9 heteroatoms. The highest BCUT2D eigenvalue weighted by Crippen LogP contribution is 2.26. The number of anilines is 1. The number of nitrogens with zero attached hydrogens (tertiary/aromatic N) is 3. The second-order valence-corrected chi connectivity index (χ2v) is 6.98. The number of hydrogen-bond donors (Lipinski definition) is 2. The lowest BCUT2D eigenvalue weighted by Crippen LogP contribution is -2.15. The second kappa shape index (κ2) is 8.60. The molecule has 1 amide bonds. The van der Waals surface area contributed by atoms with Gasteiger partial charge in [-0.25, -0.2) is 4.68 Å². The van der Waals surface area contributed by atoms with Gasteiger partial charge in [0.15, 0.2) is 5.69 Å². The predicted molar refractivity (Wildman–Crippen MR) is 107 cm³/mol. The number of aliphatic hydroxyl groups is 1. The van der Waals surface area contributed by atoms with Crippen LogP contribution in [0.15, 0.2) is 36.4 Å². The molecule has 3 aromatic rings. The van der Waals surface area contributed by atoms with E-state index < -0.39 is 5.91 Å². The topological polar surface area (TPSA) is 89.3 Å². The first-order valence-corrected chi connectivity index (χ1v) is 9.11. The molecule has 0 spiro atoms. The lowest BCUT2D eigenvalue weighted by Gasteiger charge is -2.11. The Kier molecular flexibility index (Phi) is 6.18. The third-order valence-corrected chi connectivity index (χ3v) is 4.58. The number of amides is 1. The number of benzene rings is 2. The van der Waals surface area contributed by atoms with Gasteiger partial charge in [0.05, 0.1) is 31.6 Å². The highest BCUT2D eigenvalue weighted by atomic mass is 35.5. The minimum Gasteiger partial charge on any atom is -0.495 e. The first-order valence-electron chi connectivity index (χ1n) is 8.35. The Bertz CT molecular complexity index is 1000. The van der Waals surface area contributed by atoms with Crippen molar-refractivity contribution in [1.29, 1.82) is 0 Å². The average molecular weight is 421 g/mol. The number of aromatic nitrogens is 3. The van der Waals surface area contributed by atoms with E-state index >= 15 is 0 Å². The maximum absolute atomic E-state index is 12.7. The van der Waals surface area contributed by atoms with Crippen LogP contribution in [0.3, 0.4) is 0 Å². The lowest BCUT2D eigenvalue weighted by atomic mass is 10.2. The molecule has 2 aromatic carbocycles. The van der Waals surface area contributed by atoms with E-state index in [1.54, 1.807) is 48.0 Å². The van der Waals surface area contributed by atoms with Crippen molar-refractivity contribution in [3.8, 4) is 5.75 Å². The van der Waals surface area contributed by atoms with Crippen LogP contribution in [0.4, 0.5) is 5.69 Å². The Morgan fingerprint density at radius 2 is 1.89 bits per heavy atom. The molecule has 0 atom stereocenters. The zero-order valence-electron chi connectivity index (χ0n) is 15.2. The van der Waals surface area contributed by atoms with E-state index in [0.717, 1.165) is 5.56 Å². The summed E-state index contributed by atoms with van der Waals surface area (Å²) in [4.78, 5) is 12.7. The van der Waals surface area contributed by atoms with E-state index in [1.807, 2.05) is 0 Å². The number of hydrogen-bond acceptors (Lipinski definition) is 5. The first-order chi connectivity index (χ1) is 13.4. The monoisotopic (exact) mass is 420 g/mol. The summed E-state index contributed by atoms with van der Waals surface area (Å²) in [5, 5.41) is 21.2. The van der Waals surface area contributed by atoms with E-state index in [1.165, 1.54) is 7.11 Å². The van der Waals surface area contributed by atoms with Gasteiger partial charge in [-0.3, -0.25) is 4.79 Å². The van der Waals surface area contributed by atoms with Crippen LogP contribution in [0.1, 0.15) is 27.3 Å². The molecular formula is C19H18Cl2N4O3. The van der Waals surface area contributed by atoms with Crippen LogP contribution in [0.25, 0.3) is 0 Å². The summed E-state index contributed by atoms with van der Waals surface area (Å²) in [7, 11) is 1.50. The molecule has 0 aliphatic rings. The number of nitrogens with one attached hydrogen (secondary N) is 1. The van der Waals surface area contributed by atoms with Gasteiger partial charge in [-0.2, -0.15) is 0 Å². The molecule has 0 saturated heterocycles. The lowest BCUT2D eigenvalue weighted by molar-refractivity contribution is 0.102. The summed E-state index contributed by atoms with van der Waals surface area (Å²) in [6, 6.07) is 10.2. The van der Waals surface area contributed by atoms with Gasteiger partial charge in [-0.05, 0) is 48.4 Å². The Morgan fingerprint density at radius 3 is 2.54 bits per heavy atom. The Morgan fingerprint density at radius 1 is 1.18 bits per heavy atom. The molecule has 28 heavy (non-hydrogen) atoms.